The summed E-state index contributed by atoms with van der Waals surface area (Å²) in [5, 5.41) is 9.22. The van der Waals surface area contributed by atoms with Crippen LogP contribution in [0.1, 0.15) is 30.8 Å². The third-order valence-electron chi connectivity index (χ3n) is 3.03. The normalized spacial score (nSPS) is 20.4. The van der Waals surface area contributed by atoms with Crippen LogP contribution in [0.25, 0.3) is 0 Å². The van der Waals surface area contributed by atoms with E-state index in [2.05, 4.69) is 9.97 Å². The van der Waals surface area contributed by atoms with E-state index >= 15 is 0 Å². The van der Waals surface area contributed by atoms with Crippen LogP contribution in [0.3, 0.4) is 0 Å². The molecule has 1 aliphatic heterocycles. The molecule has 17 heavy (non-hydrogen) atoms. The summed E-state index contributed by atoms with van der Waals surface area (Å²) in [4.78, 5) is 21.7. The van der Waals surface area contributed by atoms with Crippen molar-refractivity contribution in [3.8, 4) is 0 Å². The lowest BCUT2D eigenvalue weighted by Crippen LogP contribution is -2.45. The Morgan fingerprint density at radius 2 is 2.18 bits per heavy atom. The summed E-state index contributed by atoms with van der Waals surface area (Å²) in [6, 6.07) is 1.41. The highest BCUT2D eigenvalue weighted by Gasteiger charge is 2.29. The van der Waals surface area contributed by atoms with E-state index in [-0.39, 0.29) is 0 Å². The highest BCUT2D eigenvalue weighted by atomic mass is 16.4. The van der Waals surface area contributed by atoms with Crippen LogP contribution in [0, 0.1) is 13.8 Å². The van der Waals surface area contributed by atoms with E-state index in [1.807, 2.05) is 24.8 Å². The maximum atomic E-state index is 11.2. The maximum absolute atomic E-state index is 11.2. The predicted octanol–water partition coefficient (Wildman–Crippen LogP) is 1.54. The summed E-state index contributed by atoms with van der Waals surface area (Å²) in [5.41, 5.74) is 0.877. The van der Waals surface area contributed by atoms with Crippen molar-refractivity contribution in [2.24, 2.45) is 0 Å². The lowest BCUT2D eigenvalue weighted by atomic mass is 10.0. The van der Waals surface area contributed by atoms with Gasteiger partial charge in [-0.3, -0.25) is 0 Å². The quantitative estimate of drug-likeness (QED) is 0.842. The smallest absolute Gasteiger partial charge is 0.326 e. The highest BCUT2D eigenvalue weighted by molar-refractivity contribution is 5.78. The van der Waals surface area contributed by atoms with E-state index < -0.39 is 12.0 Å². The number of hydrogen-bond acceptors (Lipinski definition) is 4. The molecular formula is C12H17N3O2. The van der Waals surface area contributed by atoms with Crippen molar-refractivity contribution in [3.63, 3.8) is 0 Å². The number of carbonyl (C=O) groups is 1. The average Bonchev–Trinajstić information content (AvgIpc) is 2.27. The van der Waals surface area contributed by atoms with E-state index in [4.69, 9.17) is 0 Å². The van der Waals surface area contributed by atoms with Crippen LogP contribution in [0.4, 0.5) is 5.82 Å². The zero-order valence-corrected chi connectivity index (χ0v) is 10.2. The fourth-order valence-corrected chi connectivity index (χ4v) is 2.31. The molecule has 2 rings (SSSR count). The zero-order chi connectivity index (χ0) is 12.4. The number of aryl methyl sites for hydroxylation is 2. The number of carboxylic acid groups (broad SMARTS) is 1. The van der Waals surface area contributed by atoms with Crippen LogP contribution in [-0.4, -0.2) is 33.6 Å². The Morgan fingerprint density at radius 3 is 2.82 bits per heavy atom. The molecule has 0 bridgehead atoms. The number of aliphatic carboxylic acids is 1. The Bertz CT molecular complexity index is 414. The van der Waals surface area contributed by atoms with Crippen molar-refractivity contribution in [1.29, 1.82) is 0 Å². The van der Waals surface area contributed by atoms with Gasteiger partial charge in [0.2, 0.25) is 0 Å². The molecule has 92 valence electrons. The molecule has 5 heteroatoms. The van der Waals surface area contributed by atoms with E-state index in [1.54, 1.807) is 0 Å². The second kappa shape index (κ2) is 4.69. The molecule has 1 atom stereocenters. The third kappa shape index (κ3) is 2.54. The number of rotatable bonds is 2. The summed E-state index contributed by atoms with van der Waals surface area (Å²) in [6.45, 7) is 4.49. The fourth-order valence-electron chi connectivity index (χ4n) is 2.31. The standard InChI is InChI=1S/C12H17N3O2/c1-8-7-11(14-9(2)13-8)15-6-4-3-5-10(15)12(16)17/h7,10H,3-6H2,1-2H3,(H,16,17). The first kappa shape index (κ1) is 11.8. The van der Waals surface area contributed by atoms with Crippen LogP contribution in [0.2, 0.25) is 0 Å². The zero-order valence-electron chi connectivity index (χ0n) is 10.2. The second-order valence-electron chi connectivity index (χ2n) is 4.46. The molecule has 0 aromatic carbocycles. The first-order valence-electron chi connectivity index (χ1n) is 5.89. The van der Waals surface area contributed by atoms with Gasteiger partial charge in [0, 0.05) is 18.3 Å². The van der Waals surface area contributed by atoms with Crippen molar-refractivity contribution in [1.82, 2.24) is 9.97 Å². The third-order valence-corrected chi connectivity index (χ3v) is 3.03. The molecule has 1 unspecified atom stereocenters. The lowest BCUT2D eigenvalue weighted by molar-refractivity contribution is -0.139. The Hall–Kier alpha value is -1.65. The van der Waals surface area contributed by atoms with Crippen LogP contribution < -0.4 is 4.90 Å². The van der Waals surface area contributed by atoms with Crippen LogP contribution in [-0.2, 0) is 4.79 Å². The summed E-state index contributed by atoms with van der Waals surface area (Å²) in [6.07, 6.45) is 2.68. The molecule has 1 aromatic heterocycles. The monoisotopic (exact) mass is 235 g/mol. The molecule has 0 amide bonds. The molecule has 1 aliphatic rings. The molecule has 1 saturated heterocycles. The Morgan fingerprint density at radius 1 is 1.41 bits per heavy atom. The summed E-state index contributed by atoms with van der Waals surface area (Å²) in [5.74, 6) is 0.662. The van der Waals surface area contributed by atoms with E-state index in [1.165, 1.54) is 0 Å². The molecule has 0 spiro atoms. The van der Waals surface area contributed by atoms with Crippen LogP contribution >= 0.6 is 0 Å². The molecule has 2 heterocycles. The van der Waals surface area contributed by atoms with E-state index in [0.29, 0.717) is 12.2 Å². The second-order valence-corrected chi connectivity index (χ2v) is 4.46. The van der Waals surface area contributed by atoms with Crippen LogP contribution in [0.5, 0.6) is 0 Å². The van der Waals surface area contributed by atoms with Gasteiger partial charge >= 0.3 is 5.97 Å². The molecule has 5 nitrogen and oxygen atoms in total. The van der Waals surface area contributed by atoms with Crippen molar-refractivity contribution in [3.05, 3.63) is 17.6 Å². The fraction of sp³-hybridized carbons (Fsp3) is 0.583. The van der Waals surface area contributed by atoms with Gasteiger partial charge in [0.1, 0.15) is 17.7 Å². The first-order chi connectivity index (χ1) is 8.08. The minimum Gasteiger partial charge on any atom is -0.480 e. The number of nitrogens with zero attached hydrogens (tertiary/aromatic N) is 3. The molecule has 0 radical (unpaired) electrons. The van der Waals surface area contributed by atoms with Crippen molar-refractivity contribution >= 4 is 11.8 Å². The Balaban J connectivity index is 2.32. The minimum absolute atomic E-state index is 0.447. The van der Waals surface area contributed by atoms with E-state index in [0.717, 1.165) is 30.9 Å². The van der Waals surface area contributed by atoms with Gasteiger partial charge in [-0.25, -0.2) is 14.8 Å². The molecule has 0 aliphatic carbocycles. The molecule has 0 saturated carbocycles. The minimum atomic E-state index is -0.765. The largest absolute Gasteiger partial charge is 0.480 e. The Labute approximate surface area is 100 Å². The SMILES string of the molecule is Cc1cc(N2CCCCC2C(=O)O)nc(C)n1. The first-order valence-corrected chi connectivity index (χ1v) is 5.89. The molecular weight excluding hydrogens is 218 g/mol. The van der Waals surface area contributed by atoms with Gasteiger partial charge in [0.05, 0.1) is 0 Å². The van der Waals surface area contributed by atoms with Gasteiger partial charge in [0.25, 0.3) is 0 Å². The number of aromatic nitrogens is 2. The lowest BCUT2D eigenvalue weighted by Gasteiger charge is -2.34. The number of hydrogen-bond donors (Lipinski definition) is 1. The molecule has 1 fully saturated rings. The van der Waals surface area contributed by atoms with Gasteiger partial charge in [-0.15, -0.1) is 0 Å². The summed E-state index contributed by atoms with van der Waals surface area (Å²) in [7, 11) is 0. The number of carboxylic acids is 1. The molecule has 1 N–H and O–H groups in total. The number of piperidine rings is 1. The van der Waals surface area contributed by atoms with Crippen molar-refractivity contribution in [2.45, 2.75) is 39.2 Å². The highest BCUT2D eigenvalue weighted by Crippen LogP contribution is 2.23. The van der Waals surface area contributed by atoms with Gasteiger partial charge in [0.15, 0.2) is 0 Å². The van der Waals surface area contributed by atoms with Gasteiger partial charge in [-0.1, -0.05) is 0 Å². The average molecular weight is 235 g/mol. The van der Waals surface area contributed by atoms with E-state index in [9.17, 15) is 9.90 Å². The van der Waals surface area contributed by atoms with Gasteiger partial charge in [-0.05, 0) is 33.1 Å². The van der Waals surface area contributed by atoms with Crippen molar-refractivity contribution < 1.29 is 9.90 Å². The van der Waals surface area contributed by atoms with Gasteiger partial charge in [-0.2, -0.15) is 0 Å². The van der Waals surface area contributed by atoms with Gasteiger partial charge < -0.3 is 10.0 Å². The van der Waals surface area contributed by atoms with Crippen molar-refractivity contribution in [2.75, 3.05) is 11.4 Å². The maximum Gasteiger partial charge on any atom is 0.326 e. The van der Waals surface area contributed by atoms with Crippen LogP contribution in [0.15, 0.2) is 6.07 Å². The number of anilines is 1. The summed E-state index contributed by atoms with van der Waals surface area (Å²) >= 11 is 0. The topological polar surface area (TPSA) is 66.3 Å². The summed E-state index contributed by atoms with van der Waals surface area (Å²) < 4.78 is 0. The molecule has 1 aromatic rings. The predicted molar refractivity (Wildman–Crippen MR) is 64.1 cm³/mol. The Kier molecular flexibility index (Phi) is 3.26.